The average molecular weight is 402 g/mol. The number of hydrogen-bond donors (Lipinski definition) is 1. The van der Waals surface area contributed by atoms with Gasteiger partial charge >= 0.3 is 0 Å². The van der Waals surface area contributed by atoms with Crippen LogP contribution in [0.2, 0.25) is 0 Å². The van der Waals surface area contributed by atoms with Gasteiger partial charge in [0.25, 0.3) is 0 Å². The summed E-state index contributed by atoms with van der Waals surface area (Å²) in [6.45, 7) is 1.66. The van der Waals surface area contributed by atoms with E-state index in [1.54, 1.807) is 7.11 Å². The zero-order chi connectivity index (χ0) is 20.3. The predicted molar refractivity (Wildman–Crippen MR) is 111 cm³/mol. The Morgan fingerprint density at radius 1 is 1.13 bits per heavy atom. The Kier molecular flexibility index (Phi) is 4.98. The maximum absolute atomic E-state index is 5.61. The molecule has 3 heterocycles. The Morgan fingerprint density at radius 2 is 2.00 bits per heavy atom. The summed E-state index contributed by atoms with van der Waals surface area (Å²) in [5, 5.41) is 18.5. The number of H-pyrrole nitrogens is 1. The lowest BCUT2D eigenvalue weighted by molar-refractivity contribution is 0.185. The van der Waals surface area contributed by atoms with Crippen LogP contribution in [0.3, 0.4) is 0 Å². The molecule has 30 heavy (non-hydrogen) atoms. The largest absolute Gasteiger partial charge is 0.496 e. The molecule has 0 radical (unpaired) electrons. The Bertz CT molecular complexity index is 1120. The van der Waals surface area contributed by atoms with Crippen molar-refractivity contribution >= 4 is 0 Å². The maximum atomic E-state index is 5.61. The van der Waals surface area contributed by atoms with Gasteiger partial charge in [-0.15, -0.1) is 5.10 Å². The minimum absolute atomic E-state index is 0.539. The van der Waals surface area contributed by atoms with Crippen LogP contribution >= 0.6 is 0 Å². The summed E-state index contributed by atoms with van der Waals surface area (Å²) in [6.07, 6.45) is 3.86. The zero-order valence-electron chi connectivity index (χ0n) is 16.7. The van der Waals surface area contributed by atoms with Crippen LogP contribution in [0.1, 0.15) is 12.0 Å². The third-order valence-corrected chi connectivity index (χ3v) is 5.48. The Labute approximate surface area is 173 Å². The fraction of sp³-hybridized carbons (Fsp3) is 0.273. The van der Waals surface area contributed by atoms with Gasteiger partial charge in [-0.2, -0.15) is 5.10 Å². The molecule has 2 aromatic heterocycles. The van der Waals surface area contributed by atoms with E-state index in [0.717, 1.165) is 54.3 Å². The van der Waals surface area contributed by atoms with Crippen molar-refractivity contribution in [1.82, 2.24) is 30.4 Å². The molecule has 1 saturated heterocycles. The fourth-order valence-electron chi connectivity index (χ4n) is 3.92. The molecule has 4 aromatic rings. The van der Waals surface area contributed by atoms with Crippen LogP contribution in [0, 0.1) is 5.92 Å². The Balaban J connectivity index is 1.46. The van der Waals surface area contributed by atoms with Crippen LogP contribution in [0.4, 0.5) is 0 Å². The van der Waals surface area contributed by atoms with Gasteiger partial charge in [-0.05, 0) is 83.3 Å². The molecule has 0 saturated carbocycles. The van der Waals surface area contributed by atoms with Gasteiger partial charge < -0.3 is 9.47 Å². The van der Waals surface area contributed by atoms with Crippen molar-refractivity contribution in [2.75, 3.05) is 20.3 Å². The van der Waals surface area contributed by atoms with E-state index in [9.17, 15) is 0 Å². The van der Waals surface area contributed by atoms with Crippen LogP contribution in [0.5, 0.6) is 5.75 Å². The van der Waals surface area contributed by atoms with E-state index in [2.05, 4.69) is 37.9 Å². The molecule has 2 aromatic carbocycles. The summed E-state index contributed by atoms with van der Waals surface area (Å²) >= 11 is 0. The minimum Gasteiger partial charge on any atom is -0.496 e. The monoisotopic (exact) mass is 402 g/mol. The van der Waals surface area contributed by atoms with E-state index in [0.29, 0.717) is 11.7 Å². The molecule has 1 N–H and O–H groups in total. The predicted octanol–water partition coefficient (Wildman–Crippen LogP) is 3.31. The molecule has 0 spiro atoms. The standard InChI is InChI=1S/C22H22N6O2/c1-29-21-7-4-17(13-18(21)12-15-9-11-30-14-15)20-8-10-23-28(20)19-5-2-16(3-6-19)22-24-26-27-25-22/h2-8,10,13,15H,9,11-12,14H2,1H3,(H,24,25,26,27). The number of methoxy groups -OCH3 is 1. The highest BCUT2D eigenvalue weighted by molar-refractivity contribution is 5.65. The fourth-order valence-corrected chi connectivity index (χ4v) is 3.92. The van der Waals surface area contributed by atoms with Crippen molar-refractivity contribution < 1.29 is 9.47 Å². The number of aromatic amines is 1. The normalized spacial score (nSPS) is 16.1. The molecular formula is C22H22N6O2. The van der Waals surface area contributed by atoms with E-state index in [-0.39, 0.29) is 0 Å². The summed E-state index contributed by atoms with van der Waals surface area (Å²) in [5.74, 6) is 2.09. The van der Waals surface area contributed by atoms with Crippen molar-refractivity contribution in [3.05, 3.63) is 60.3 Å². The second-order valence-corrected chi connectivity index (χ2v) is 7.39. The van der Waals surface area contributed by atoms with Gasteiger partial charge in [0.1, 0.15) is 5.75 Å². The molecule has 0 amide bonds. The highest BCUT2D eigenvalue weighted by Crippen LogP contribution is 2.31. The third kappa shape index (κ3) is 3.57. The maximum Gasteiger partial charge on any atom is 0.179 e. The number of hydrogen-bond acceptors (Lipinski definition) is 6. The van der Waals surface area contributed by atoms with Crippen molar-refractivity contribution in [3.8, 4) is 34.1 Å². The van der Waals surface area contributed by atoms with Gasteiger partial charge in [0.05, 0.1) is 24.7 Å². The lowest BCUT2D eigenvalue weighted by atomic mass is 9.96. The van der Waals surface area contributed by atoms with Gasteiger partial charge in [0.2, 0.25) is 0 Å². The number of nitrogens with one attached hydrogen (secondary N) is 1. The molecule has 152 valence electrons. The summed E-state index contributed by atoms with van der Waals surface area (Å²) in [6, 6.07) is 16.3. The minimum atomic E-state index is 0.539. The molecule has 1 atom stereocenters. The van der Waals surface area contributed by atoms with E-state index in [1.165, 1.54) is 5.56 Å². The van der Waals surface area contributed by atoms with Crippen LogP contribution in [-0.2, 0) is 11.2 Å². The molecular weight excluding hydrogens is 380 g/mol. The summed E-state index contributed by atoms with van der Waals surface area (Å²) in [4.78, 5) is 0. The summed E-state index contributed by atoms with van der Waals surface area (Å²) in [7, 11) is 1.72. The highest BCUT2D eigenvalue weighted by atomic mass is 16.5. The summed E-state index contributed by atoms with van der Waals surface area (Å²) in [5.41, 5.74) is 5.21. The molecule has 0 aliphatic carbocycles. The third-order valence-electron chi connectivity index (χ3n) is 5.48. The first-order chi connectivity index (χ1) is 14.8. The summed E-state index contributed by atoms with van der Waals surface area (Å²) < 4.78 is 13.1. The molecule has 5 rings (SSSR count). The van der Waals surface area contributed by atoms with Crippen LogP contribution in [0.25, 0.3) is 28.3 Å². The van der Waals surface area contributed by atoms with E-state index < -0.39 is 0 Å². The molecule has 1 unspecified atom stereocenters. The quantitative estimate of drug-likeness (QED) is 0.532. The van der Waals surface area contributed by atoms with Crippen molar-refractivity contribution in [2.24, 2.45) is 5.92 Å². The van der Waals surface area contributed by atoms with Gasteiger partial charge in [-0.3, -0.25) is 0 Å². The van der Waals surface area contributed by atoms with E-state index in [4.69, 9.17) is 9.47 Å². The molecule has 1 aliphatic rings. The lowest BCUT2D eigenvalue weighted by Crippen LogP contribution is -2.06. The van der Waals surface area contributed by atoms with Gasteiger partial charge in [-0.25, -0.2) is 9.78 Å². The average Bonchev–Trinajstić information content (AvgIpc) is 3.56. The first-order valence-electron chi connectivity index (χ1n) is 9.95. The smallest absolute Gasteiger partial charge is 0.179 e. The SMILES string of the molecule is COc1ccc(-c2ccnn2-c2ccc(-c3nnn[nH]3)cc2)cc1CC1CCOC1. The Hall–Kier alpha value is -3.52. The first-order valence-corrected chi connectivity index (χ1v) is 9.95. The van der Waals surface area contributed by atoms with Crippen LogP contribution in [0.15, 0.2) is 54.7 Å². The van der Waals surface area contributed by atoms with Crippen molar-refractivity contribution in [2.45, 2.75) is 12.8 Å². The van der Waals surface area contributed by atoms with E-state index >= 15 is 0 Å². The number of ether oxygens (including phenoxy) is 2. The van der Waals surface area contributed by atoms with Gasteiger partial charge in [-0.1, -0.05) is 0 Å². The van der Waals surface area contributed by atoms with Crippen LogP contribution < -0.4 is 4.74 Å². The molecule has 1 aliphatic heterocycles. The van der Waals surface area contributed by atoms with Gasteiger partial charge in [0, 0.05) is 24.3 Å². The second-order valence-electron chi connectivity index (χ2n) is 7.39. The zero-order valence-corrected chi connectivity index (χ0v) is 16.7. The molecule has 0 bridgehead atoms. The number of benzene rings is 2. The topological polar surface area (TPSA) is 90.7 Å². The number of tetrazole rings is 1. The number of nitrogens with zero attached hydrogens (tertiary/aromatic N) is 5. The van der Waals surface area contributed by atoms with Crippen molar-refractivity contribution in [1.29, 1.82) is 0 Å². The van der Waals surface area contributed by atoms with Crippen LogP contribution in [-0.4, -0.2) is 50.7 Å². The van der Waals surface area contributed by atoms with Gasteiger partial charge in [0.15, 0.2) is 5.82 Å². The molecule has 8 nitrogen and oxygen atoms in total. The second kappa shape index (κ2) is 8.08. The molecule has 1 fully saturated rings. The van der Waals surface area contributed by atoms with E-state index in [1.807, 2.05) is 47.3 Å². The Morgan fingerprint density at radius 3 is 2.73 bits per heavy atom. The molecule has 8 heteroatoms. The highest BCUT2D eigenvalue weighted by Gasteiger charge is 2.19. The first kappa shape index (κ1) is 18.5. The lowest BCUT2D eigenvalue weighted by Gasteiger charge is -2.15. The number of rotatable bonds is 6. The number of aromatic nitrogens is 6. The van der Waals surface area contributed by atoms with Crippen molar-refractivity contribution in [3.63, 3.8) is 0 Å².